The number of nitrogens with zero attached hydrogens (tertiary/aromatic N) is 5. The van der Waals surface area contributed by atoms with E-state index in [-0.39, 0.29) is 34.2 Å². The van der Waals surface area contributed by atoms with E-state index in [1.165, 1.54) is 7.11 Å². The number of hydrogen-bond donors (Lipinski definition) is 2. The van der Waals surface area contributed by atoms with Crippen LogP contribution in [0.15, 0.2) is 48.9 Å². The summed E-state index contributed by atoms with van der Waals surface area (Å²) in [5.41, 5.74) is 3.44. The van der Waals surface area contributed by atoms with Gasteiger partial charge in [-0.15, -0.1) is 0 Å². The Morgan fingerprint density at radius 2 is 1.90 bits per heavy atom. The van der Waals surface area contributed by atoms with Gasteiger partial charge in [0, 0.05) is 55.4 Å². The lowest BCUT2D eigenvalue weighted by Crippen LogP contribution is -2.54. The van der Waals surface area contributed by atoms with E-state index in [0.29, 0.717) is 48.9 Å². The van der Waals surface area contributed by atoms with Crippen molar-refractivity contribution in [1.82, 2.24) is 29.5 Å². The normalized spacial score (nSPS) is 17.1. The van der Waals surface area contributed by atoms with Gasteiger partial charge in [0.25, 0.3) is 5.91 Å². The molecule has 2 aliphatic heterocycles. The van der Waals surface area contributed by atoms with Crippen molar-refractivity contribution in [2.75, 3.05) is 45.2 Å². The largest absolute Gasteiger partial charge is 0.495 e. The molecule has 2 saturated heterocycles. The summed E-state index contributed by atoms with van der Waals surface area (Å²) in [6, 6.07) is 8.62. The Morgan fingerprint density at radius 1 is 1.12 bits per heavy atom. The number of aryl methyl sites for hydroxylation is 1. The zero-order valence-corrected chi connectivity index (χ0v) is 24.1. The van der Waals surface area contributed by atoms with E-state index < -0.39 is 5.82 Å². The molecule has 0 spiro atoms. The van der Waals surface area contributed by atoms with Crippen LogP contribution in [0.3, 0.4) is 0 Å². The number of carbonyl (C=O) groups is 2. The van der Waals surface area contributed by atoms with Crippen molar-refractivity contribution in [2.45, 2.75) is 25.8 Å². The minimum Gasteiger partial charge on any atom is -0.495 e. The highest BCUT2D eigenvalue weighted by Gasteiger charge is 2.31. The number of rotatable bonds is 6. The van der Waals surface area contributed by atoms with Crippen LogP contribution in [0.25, 0.3) is 16.9 Å². The maximum absolute atomic E-state index is 15.1. The van der Waals surface area contributed by atoms with Crippen molar-refractivity contribution in [1.29, 1.82) is 0 Å². The second-order valence-corrected chi connectivity index (χ2v) is 10.9. The summed E-state index contributed by atoms with van der Waals surface area (Å²) in [5.74, 6) is 0.210. The predicted molar refractivity (Wildman–Crippen MR) is 158 cm³/mol. The van der Waals surface area contributed by atoms with Crippen LogP contribution in [0.5, 0.6) is 5.75 Å². The number of halogens is 2. The average molecular weight is 592 g/mol. The molecule has 2 aliphatic rings. The van der Waals surface area contributed by atoms with Crippen molar-refractivity contribution in [3.05, 3.63) is 70.9 Å². The van der Waals surface area contributed by atoms with Crippen molar-refractivity contribution in [2.24, 2.45) is 0 Å². The van der Waals surface area contributed by atoms with Gasteiger partial charge in [-0.1, -0.05) is 11.6 Å². The lowest BCUT2D eigenvalue weighted by atomic mass is 10.1. The summed E-state index contributed by atoms with van der Waals surface area (Å²) in [5, 5.41) is 6.44. The van der Waals surface area contributed by atoms with E-state index in [2.05, 4.69) is 20.6 Å². The summed E-state index contributed by atoms with van der Waals surface area (Å²) >= 11 is 6.15. The molecule has 42 heavy (non-hydrogen) atoms. The molecule has 0 aliphatic carbocycles. The molecule has 6 rings (SSSR count). The van der Waals surface area contributed by atoms with Crippen LogP contribution in [-0.2, 0) is 4.79 Å². The van der Waals surface area contributed by atoms with Crippen LogP contribution in [0, 0.1) is 12.7 Å². The van der Waals surface area contributed by atoms with E-state index in [1.807, 2.05) is 24.0 Å². The van der Waals surface area contributed by atoms with Crippen molar-refractivity contribution >= 4 is 40.6 Å². The molecule has 2 N–H and O–H groups in total. The summed E-state index contributed by atoms with van der Waals surface area (Å²) in [7, 11) is 1.43. The molecule has 0 saturated carbocycles. The highest BCUT2D eigenvalue weighted by molar-refractivity contribution is 6.32. The third kappa shape index (κ3) is 5.14. The number of methoxy groups -OCH3 is 1. The lowest BCUT2D eigenvalue weighted by molar-refractivity contribution is -0.134. The molecule has 2 fully saturated rings. The number of benzene rings is 2. The van der Waals surface area contributed by atoms with E-state index in [1.54, 1.807) is 46.1 Å². The topological polar surface area (TPSA) is 104 Å². The fraction of sp³-hybridized carbons (Fsp3) is 0.333. The number of ether oxygens (including phenoxy) is 1. The fourth-order valence-electron chi connectivity index (χ4n) is 5.63. The van der Waals surface area contributed by atoms with Gasteiger partial charge >= 0.3 is 0 Å². The lowest BCUT2D eigenvalue weighted by Gasteiger charge is -2.36. The van der Waals surface area contributed by atoms with Crippen LogP contribution < -0.4 is 15.4 Å². The second-order valence-electron chi connectivity index (χ2n) is 10.5. The van der Waals surface area contributed by atoms with Gasteiger partial charge in [-0.2, -0.15) is 0 Å². The Kier molecular flexibility index (Phi) is 7.70. The molecule has 4 aromatic rings. The van der Waals surface area contributed by atoms with Gasteiger partial charge in [-0.25, -0.2) is 14.4 Å². The molecular weight excluding hydrogens is 561 g/mol. The number of amides is 2. The van der Waals surface area contributed by atoms with Gasteiger partial charge in [-0.05, 0) is 62.2 Å². The molecule has 10 nitrogen and oxygen atoms in total. The minimum atomic E-state index is -0.598. The second kappa shape index (κ2) is 11.6. The first kappa shape index (κ1) is 27.9. The molecule has 12 heteroatoms. The maximum atomic E-state index is 15.1. The number of imidazole rings is 1. The first-order valence-electron chi connectivity index (χ1n) is 13.9. The Bertz CT molecular complexity index is 1660. The van der Waals surface area contributed by atoms with Gasteiger partial charge in [0.1, 0.15) is 10.8 Å². The monoisotopic (exact) mass is 591 g/mol. The van der Waals surface area contributed by atoms with Crippen LogP contribution >= 0.6 is 11.6 Å². The Balaban J connectivity index is 1.16. The highest BCUT2D eigenvalue weighted by atomic mass is 35.5. The number of nitrogens with one attached hydrogen (secondary N) is 2. The van der Waals surface area contributed by atoms with Crippen LogP contribution in [0.2, 0.25) is 5.02 Å². The van der Waals surface area contributed by atoms with Crippen molar-refractivity contribution in [3.8, 4) is 17.0 Å². The molecule has 2 aromatic carbocycles. The summed E-state index contributed by atoms with van der Waals surface area (Å²) in [4.78, 5) is 38.6. The summed E-state index contributed by atoms with van der Waals surface area (Å²) in [6.45, 7) is 4.86. The number of hydrogen-bond acceptors (Lipinski definition) is 7. The van der Waals surface area contributed by atoms with E-state index in [9.17, 15) is 9.59 Å². The predicted octanol–water partition coefficient (Wildman–Crippen LogP) is 4.29. The molecule has 2 aromatic heterocycles. The molecule has 2 amide bonds. The minimum absolute atomic E-state index is 0.0524. The summed E-state index contributed by atoms with van der Waals surface area (Å²) < 4.78 is 21.9. The molecule has 1 unspecified atom stereocenters. The van der Waals surface area contributed by atoms with Gasteiger partial charge in [0.05, 0.1) is 25.0 Å². The highest BCUT2D eigenvalue weighted by Crippen LogP contribution is 2.35. The molecular formula is C30H31ClFN7O3. The number of aromatic nitrogens is 3. The number of piperazine rings is 1. The Hall–Kier alpha value is -4.22. The van der Waals surface area contributed by atoms with Gasteiger partial charge in [0.2, 0.25) is 5.91 Å². The van der Waals surface area contributed by atoms with Crippen LogP contribution in [0.4, 0.5) is 15.9 Å². The third-order valence-corrected chi connectivity index (χ3v) is 8.28. The first-order valence-corrected chi connectivity index (χ1v) is 14.3. The van der Waals surface area contributed by atoms with E-state index in [4.69, 9.17) is 16.3 Å². The standard InChI is InChI=1S/C30H31ClFN7O3/c1-18-16-19(5-6-20(18)29(40)37-12-14-38(15-13-37)30(41)22-4-3-9-33-22)36-27-28-35-17-23(39(28)11-10-34-27)21-7-8-24(42-2)25(31)26(21)32/h5-8,10-11,16-17,22,33H,3-4,9,12-15H2,1-2H3,(H,34,36). The van der Waals surface area contributed by atoms with E-state index >= 15 is 4.39 Å². The van der Waals surface area contributed by atoms with E-state index in [0.717, 1.165) is 30.6 Å². The Labute approximate surface area is 247 Å². The first-order chi connectivity index (χ1) is 20.4. The third-order valence-electron chi connectivity index (χ3n) is 7.93. The number of anilines is 2. The molecule has 0 radical (unpaired) electrons. The molecule has 0 bridgehead atoms. The van der Waals surface area contributed by atoms with Gasteiger partial charge < -0.3 is 25.2 Å². The average Bonchev–Trinajstić information content (AvgIpc) is 3.70. The van der Waals surface area contributed by atoms with Crippen molar-refractivity contribution < 1.29 is 18.7 Å². The maximum Gasteiger partial charge on any atom is 0.254 e. The quantitative estimate of drug-likeness (QED) is 0.345. The molecule has 1 atom stereocenters. The van der Waals surface area contributed by atoms with Gasteiger partial charge in [-0.3, -0.25) is 14.0 Å². The van der Waals surface area contributed by atoms with Gasteiger partial charge in [0.15, 0.2) is 17.3 Å². The summed E-state index contributed by atoms with van der Waals surface area (Å²) in [6.07, 6.45) is 6.76. The zero-order chi connectivity index (χ0) is 29.4. The molecule has 218 valence electrons. The van der Waals surface area contributed by atoms with Crippen LogP contribution in [-0.4, -0.2) is 81.9 Å². The Morgan fingerprint density at radius 3 is 2.62 bits per heavy atom. The van der Waals surface area contributed by atoms with Crippen LogP contribution in [0.1, 0.15) is 28.8 Å². The number of fused-ring (bicyclic) bond motifs is 1. The number of carbonyl (C=O) groups excluding carboxylic acids is 2. The zero-order valence-electron chi connectivity index (χ0n) is 23.4. The molecule has 4 heterocycles. The fourth-order valence-corrected chi connectivity index (χ4v) is 5.87. The smallest absolute Gasteiger partial charge is 0.254 e. The van der Waals surface area contributed by atoms with Crippen molar-refractivity contribution in [3.63, 3.8) is 0 Å². The SMILES string of the molecule is COc1ccc(-c2cnc3c(Nc4ccc(C(=O)N5CCN(C(=O)C6CCCN6)CC5)c(C)c4)nccn23)c(F)c1Cl.